The molecule has 0 amide bonds. The molecule has 19 heavy (non-hydrogen) atoms. The lowest BCUT2D eigenvalue weighted by Gasteiger charge is -2.24. The van der Waals surface area contributed by atoms with Crippen LogP contribution >= 0.6 is 0 Å². The Hall–Kier alpha value is -1.73. The van der Waals surface area contributed by atoms with Crippen LogP contribution in [0.25, 0.3) is 0 Å². The second-order valence-electron chi connectivity index (χ2n) is 4.45. The Kier molecular flexibility index (Phi) is 4.28. The summed E-state index contributed by atoms with van der Waals surface area (Å²) in [7, 11) is 0. The normalized spacial score (nSPS) is 19.2. The van der Waals surface area contributed by atoms with Crippen LogP contribution < -0.4 is 10.6 Å². The van der Waals surface area contributed by atoms with Crippen LogP contribution in [0.3, 0.4) is 0 Å². The van der Waals surface area contributed by atoms with Gasteiger partial charge in [0.25, 0.3) is 5.69 Å². The quantitative estimate of drug-likeness (QED) is 0.639. The minimum absolute atomic E-state index is 0.0429. The fourth-order valence-corrected chi connectivity index (χ4v) is 1.94. The minimum atomic E-state index is -0.592. The van der Waals surface area contributed by atoms with Crippen LogP contribution in [-0.2, 0) is 4.74 Å². The molecule has 0 bridgehead atoms. The van der Waals surface area contributed by atoms with Gasteiger partial charge in [0.15, 0.2) is 0 Å². The van der Waals surface area contributed by atoms with Gasteiger partial charge in [-0.3, -0.25) is 10.1 Å². The molecule has 7 heteroatoms. The minimum Gasteiger partial charge on any atom is -0.377 e. The smallest absolute Gasteiger partial charge is 0.295 e. The number of benzene rings is 1. The molecule has 1 heterocycles. The van der Waals surface area contributed by atoms with E-state index in [9.17, 15) is 14.5 Å². The molecule has 1 saturated heterocycles. The molecule has 0 spiro atoms. The van der Waals surface area contributed by atoms with Crippen LogP contribution in [0.1, 0.15) is 5.56 Å². The third-order valence-electron chi connectivity index (χ3n) is 3.00. The number of hydrogen-bond donors (Lipinski definition) is 2. The van der Waals surface area contributed by atoms with Gasteiger partial charge < -0.3 is 15.4 Å². The number of morpholine rings is 1. The van der Waals surface area contributed by atoms with E-state index in [-0.39, 0.29) is 11.8 Å². The zero-order valence-corrected chi connectivity index (χ0v) is 10.6. The highest BCUT2D eigenvalue weighted by atomic mass is 19.1. The standard InChI is InChI=1S/C12H16FN3O3/c1-8-4-11(12(16(17)18)5-10(8)13)15-7-9-6-14-2-3-19-9/h4-5,9,14-15H,2-3,6-7H2,1H3. The van der Waals surface area contributed by atoms with Crippen LogP contribution in [0.4, 0.5) is 15.8 Å². The molecule has 1 aromatic rings. The van der Waals surface area contributed by atoms with E-state index in [1.807, 2.05) is 0 Å². The number of hydrogen-bond acceptors (Lipinski definition) is 5. The summed E-state index contributed by atoms with van der Waals surface area (Å²) in [6.45, 7) is 4.14. The highest BCUT2D eigenvalue weighted by molar-refractivity contribution is 5.63. The summed E-state index contributed by atoms with van der Waals surface area (Å²) in [5.74, 6) is -0.576. The van der Waals surface area contributed by atoms with Gasteiger partial charge >= 0.3 is 0 Å². The van der Waals surface area contributed by atoms with Gasteiger partial charge in [0.05, 0.1) is 23.7 Å². The lowest BCUT2D eigenvalue weighted by molar-refractivity contribution is -0.384. The van der Waals surface area contributed by atoms with Crippen molar-refractivity contribution in [3.63, 3.8) is 0 Å². The first-order chi connectivity index (χ1) is 9.08. The predicted octanol–water partition coefficient (Wildman–Crippen LogP) is 1.44. The number of nitro groups is 1. The number of nitrogens with one attached hydrogen (secondary N) is 2. The molecular weight excluding hydrogens is 253 g/mol. The molecule has 1 aromatic carbocycles. The number of aryl methyl sites for hydroxylation is 1. The lowest BCUT2D eigenvalue weighted by Crippen LogP contribution is -2.42. The topological polar surface area (TPSA) is 76.4 Å². The Balaban J connectivity index is 2.09. The summed E-state index contributed by atoms with van der Waals surface area (Å²) in [5, 5.41) is 17.0. The average Bonchev–Trinajstić information content (AvgIpc) is 2.40. The molecular formula is C12H16FN3O3. The van der Waals surface area contributed by atoms with E-state index in [0.717, 1.165) is 12.6 Å². The molecule has 0 radical (unpaired) electrons. The third kappa shape index (κ3) is 3.39. The average molecular weight is 269 g/mol. The second-order valence-corrected chi connectivity index (χ2v) is 4.45. The van der Waals surface area contributed by atoms with Crippen LogP contribution in [0.15, 0.2) is 12.1 Å². The van der Waals surface area contributed by atoms with Crippen LogP contribution in [0, 0.1) is 22.9 Å². The number of rotatable bonds is 4. The number of anilines is 1. The first-order valence-electron chi connectivity index (χ1n) is 6.08. The first-order valence-corrected chi connectivity index (χ1v) is 6.08. The number of nitro benzene ring substituents is 1. The van der Waals surface area contributed by atoms with Crippen molar-refractivity contribution in [2.24, 2.45) is 0 Å². The van der Waals surface area contributed by atoms with Crippen molar-refractivity contribution in [1.29, 1.82) is 0 Å². The van der Waals surface area contributed by atoms with Crippen molar-refractivity contribution in [3.05, 3.63) is 33.6 Å². The fourth-order valence-electron chi connectivity index (χ4n) is 1.94. The summed E-state index contributed by atoms with van der Waals surface area (Å²) in [6.07, 6.45) is -0.0429. The van der Waals surface area contributed by atoms with Crippen molar-refractivity contribution in [2.75, 3.05) is 31.6 Å². The summed E-state index contributed by atoms with van der Waals surface area (Å²) in [6, 6.07) is 2.39. The van der Waals surface area contributed by atoms with Crippen molar-refractivity contribution in [2.45, 2.75) is 13.0 Å². The second kappa shape index (κ2) is 5.94. The molecule has 0 aromatic heterocycles. The van der Waals surface area contributed by atoms with Gasteiger partial charge in [0.1, 0.15) is 11.5 Å². The summed E-state index contributed by atoms with van der Waals surface area (Å²) in [5.41, 5.74) is 0.431. The summed E-state index contributed by atoms with van der Waals surface area (Å²) in [4.78, 5) is 10.3. The van der Waals surface area contributed by atoms with E-state index in [2.05, 4.69) is 10.6 Å². The van der Waals surface area contributed by atoms with E-state index in [4.69, 9.17) is 4.74 Å². The molecule has 6 nitrogen and oxygen atoms in total. The zero-order valence-electron chi connectivity index (χ0n) is 10.6. The van der Waals surface area contributed by atoms with Gasteiger partial charge in [0, 0.05) is 19.6 Å². The third-order valence-corrected chi connectivity index (χ3v) is 3.00. The maximum atomic E-state index is 13.3. The lowest BCUT2D eigenvalue weighted by atomic mass is 10.1. The van der Waals surface area contributed by atoms with Crippen molar-refractivity contribution >= 4 is 11.4 Å². The Bertz CT molecular complexity index is 476. The molecule has 1 aliphatic rings. The number of ether oxygens (including phenoxy) is 1. The van der Waals surface area contributed by atoms with E-state index >= 15 is 0 Å². The number of nitrogens with zero attached hydrogens (tertiary/aromatic N) is 1. The maximum Gasteiger partial charge on any atom is 0.295 e. The van der Waals surface area contributed by atoms with E-state index in [1.54, 1.807) is 6.92 Å². The Morgan fingerprint density at radius 3 is 3.05 bits per heavy atom. The molecule has 1 fully saturated rings. The SMILES string of the molecule is Cc1cc(NCC2CNCCO2)c([N+](=O)[O-])cc1F. The summed E-state index contributed by atoms with van der Waals surface area (Å²) >= 11 is 0. The summed E-state index contributed by atoms with van der Waals surface area (Å²) < 4.78 is 18.8. The van der Waals surface area contributed by atoms with Gasteiger partial charge in [-0.1, -0.05) is 0 Å². The Morgan fingerprint density at radius 1 is 1.63 bits per heavy atom. The van der Waals surface area contributed by atoms with Crippen molar-refractivity contribution in [1.82, 2.24) is 5.32 Å². The molecule has 0 aliphatic carbocycles. The van der Waals surface area contributed by atoms with E-state index in [1.165, 1.54) is 6.07 Å². The molecule has 0 saturated carbocycles. The first kappa shape index (κ1) is 13.7. The van der Waals surface area contributed by atoms with Crippen LogP contribution in [0.5, 0.6) is 0 Å². The largest absolute Gasteiger partial charge is 0.377 e. The van der Waals surface area contributed by atoms with Crippen molar-refractivity contribution in [3.8, 4) is 0 Å². The van der Waals surface area contributed by atoms with Gasteiger partial charge in [-0.05, 0) is 18.6 Å². The zero-order chi connectivity index (χ0) is 13.8. The van der Waals surface area contributed by atoms with Gasteiger partial charge in [0.2, 0.25) is 0 Å². The molecule has 2 rings (SSSR count). The van der Waals surface area contributed by atoms with Crippen molar-refractivity contribution < 1.29 is 14.1 Å². The van der Waals surface area contributed by atoms with Gasteiger partial charge in [-0.25, -0.2) is 4.39 Å². The molecule has 1 aliphatic heterocycles. The van der Waals surface area contributed by atoms with Crippen LogP contribution in [-0.4, -0.2) is 37.3 Å². The van der Waals surface area contributed by atoms with Gasteiger partial charge in [-0.2, -0.15) is 0 Å². The fraction of sp³-hybridized carbons (Fsp3) is 0.500. The van der Waals surface area contributed by atoms with Crippen LogP contribution in [0.2, 0.25) is 0 Å². The van der Waals surface area contributed by atoms with Gasteiger partial charge in [-0.15, -0.1) is 0 Å². The molecule has 1 unspecified atom stereocenters. The monoisotopic (exact) mass is 269 g/mol. The molecule has 104 valence electrons. The number of halogens is 1. The maximum absolute atomic E-state index is 13.3. The molecule has 2 N–H and O–H groups in total. The Morgan fingerprint density at radius 2 is 2.42 bits per heavy atom. The predicted molar refractivity (Wildman–Crippen MR) is 68.9 cm³/mol. The van der Waals surface area contributed by atoms with E-state index in [0.29, 0.717) is 30.9 Å². The highest BCUT2D eigenvalue weighted by Crippen LogP contribution is 2.27. The highest BCUT2D eigenvalue weighted by Gasteiger charge is 2.19. The Labute approximate surface area is 110 Å². The van der Waals surface area contributed by atoms with E-state index < -0.39 is 10.7 Å². The molecule has 1 atom stereocenters.